The summed E-state index contributed by atoms with van der Waals surface area (Å²) >= 11 is 12.0. The fraction of sp³-hybridized carbons (Fsp3) is 0.400. The molecule has 3 rings (SSSR count). The van der Waals surface area contributed by atoms with Crippen LogP contribution in [0.3, 0.4) is 0 Å². The lowest BCUT2D eigenvalue weighted by Crippen LogP contribution is -2.40. The third-order valence-corrected chi connectivity index (χ3v) is 4.64. The van der Waals surface area contributed by atoms with E-state index in [4.69, 9.17) is 32.7 Å². The molecule has 0 fully saturated rings. The predicted molar refractivity (Wildman–Crippen MR) is 105 cm³/mol. The molecule has 0 radical (unpaired) electrons. The van der Waals surface area contributed by atoms with Crippen molar-refractivity contribution in [1.29, 1.82) is 0 Å². The lowest BCUT2D eigenvalue weighted by molar-refractivity contribution is 0.0220. The van der Waals surface area contributed by atoms with Crippen molar-refractivity contribution in [3.8, 4) is 5.88 Å². The third-order valence-electron chi connectivity index (χ3n) is 4.14. The number of amides is 1. The van der Waals surface area contributed by atoms with Crippen LogP contribution in [0.4, 0.5) is 9.18 Å². The molecule has 150 valence electrons. The van der Waals surface area contributed by atoms with E-state index in [0.29, 0.717) is 40.8 Å². The zero-order chi connectivity index (χ0) is 20.5. The summed E-state index contributed by atoms with van der Waals surface area (Å²) < 4.78 is 25.0. The summed E-state index contributed by atoms with van der Waals surface area (Å²) in [6.07, 6.45) is 0.230. The average molecular weight is 427 g/mol. The molecule has 0 N–H and O–H groups in total. The minimum Gasteiger partial charge on any atom is -0.472 e. The average Bonchev–Trinajstić information content (AvgIpc) is 2.59. The van der Waals surface area contributed by atoms with Crippen LogP contribution in [0.25, 0.3) is 0 Å². The van der Waals surface area contributed by atoms with Crippen molar-refractivity contribution in [2.75, 3.05) is 6.54 Å². The molecular weight excluding hydrogens is 406 g/mol. The smallest absolute Gasteiger partial charge is 0.410 e. The van der Waals surface area contributed by atoms with Crippen LogP contribution in [0, 0.1) is 5.82 Å². The largest absolute Gasteiger partial charge is 0.472 e. The maximum absolute atomic E-state index is 13.9. The Morgan fingerprint density at radius 1 is 1.29 bits per heavy atom. The van der Waals surface area contributed by atoms with Crippen molar-refractivity contribution in [3.05, 3.63) is 56.9 Å². The van der Waals surface area contributed by atoms with E-state index in [-0.39, 0.29) is 18.6 Å². The van der Waals surface area contributed by atoms with Crippen LogP contribution in [0.2, 0.25) is 10.0 Å². The molecular formula is C20H21Cl2FN2O3. The number of benzene rings is 1. The molecule has 0 atom stereocenters. The SMILES string of the molecule is CC(C)(C)OC(=O)N1CCc2cc(Cl)c(OCc3ccc(Cl)cc3F)nc2C1. The van der Waals surface area contributed by atoms with Gasteiger partial charge in [0, 0.05) is 17.1 Å². The van der Waals surface area contributed by atoms with Crippen LogP contribution in [0.15, 0.2) is 24.3 Å². The summed E-state index contributed by atoms with van der Waals surface area (Å²) in [7, 11) is 0. The second-order valence-electron chi connectivity index (χ2n) is 7.56. The Hall–Kier alpha value is -2.05. The number of pyridine rings is 1. The molecule has 0 unspecified atom stereocenters. The highest BCUT2D eigenvalue weighted by Crippen LogP contribution is 2.29. The molecule has 1 aliphatic heterocycles. The van der Waals surface area contributed by atoms with E-state index in [1.165, 1.54) is 6.07 Å². The number of aromatic nitrogens is 1. The quantitative estimate of drug-likeness (QED) is 0.658. The highest BCUT2D eigenvalue weighted by molar-refractivity contribution is 6.32. The first-order valence-corrected chi connectivity index (χ1v) is 9.61. The Balaban J connectivity index is 1.73. The summed E-state index contributed by atoms with van der Waals surface area (Å²) in [6, 6.07) is 6.14. The minimum atomic E-state index is -0.568. The highest BCUT2D eigenvalue weighted by atomic mass is 35.5. The van der Waals surface area contributed by atoms with Crippen molar-refractivity contribution in [3.63, 3.8) is 0 Å². The molecule has 1 amide bonds. The van der Waals surface area contributed by atoms with Gasteiger partial charge in [-0.2, -0.15) is 0 Å². The lowest BCUT2D eigenvalue weighted by Gasteiger charge is -2.31. The molecule has 0 saturated heterocycles. The topological polar surface area (TPSA) is 51.7 Å². The van der Waals surface area contributed by atoms with Gasteiger partial charge in [0.1, 0.15) is 23.0 Å². The molecule has 2 aromatic rings. The first-order chi connectivity index (χ1) is 13.1. The van der Waals surface area contributed by atoms with Crippen molar-refractivity contribution >= 4 is 29.3 Å². The standard InChI is InChI=1S/C20H21Cl2FN2O3/c1-20(2,3)28-19(26)25-7-6-12-8-15(22)18(24-17(12)10-25)27-11-13-4-5-14(21)9-16(13)23/h4-5,8-9H,6-7,10-11H2,1-3H3. The fourth-order valence-electron chi connectivity index (χ4n) is 2.78. The zero-order valence-electron chi connectivity index (χ0n) is 15.9. The molecule has 0 saturated carbocycles. The molecule has 2 heterocycles. The molecule has 5 nitrogen and oxygen atoms in total. The molecule has 1 aromatic carbocycles. The molecule has 0 bridgehead atoms. The first kappa shape index (κ1) is 20.7. The van der Waals surface area contributed by atoms with Gasteiger partial charge >= 0.3 is 6.09 Å². The second kappa shape index (κ2) is 8.13. The van der Waals surface area contributed by atoms with E-state index < -0.39 is 11.4 Å². The van der Waals surface area contributed by atoms with Gasteiger partial charge in [-0.15, -0.1) is 0 Å². The van der Waals surface area contributed by atoms with Crippen molar-refractivity contribution in [1.82, 2.24) is 9.88 Å². The molecule has 0 aliphatic carbocycles. The van der Waals surface area contributed by atoms with E-state index in [2.05, 4.69) is 4.98 Å². The van der Waals surface area contributed by atoms with Crippen LogP contribution < -0.4 is 4.74 Å². The molecule has 1 aliphatic rings. The molecule has 8 heteroatoms. The van der Waals surface area contributed by atoms with Crippen molar-refractivity contribution in [2.24, 2.45) is 0 Å². The number of hydrogen-bond donors (Lipinski definition) is 0. The maximum Gasteiger partial charge on any atom is 0.410 e. The van der Waals surface area contributed by atoms with Crippen LogP contribution in [0.5, 0.6) is 5.88 Å². The van der Waals surface area contributed by atoms with Crippen molar-refractivity contribution in [2.45, 2.75) is 45.9 Å². The Morgan fingerprint density at radius 2 is 2.04 bits per heavy atom. The van der Waals surface area contributed by atoms with E-state index in [0.717, 1.165) is 5.56 Å². The van der Waals surface area contributed by atoms with Gasteiger partial charge < -0.3 is 14.4 Å². The number of nitrogens with zero attached hydrogens (tertiary/aromatic N) is 2. The van der Waals surface area contributed by atoms with Gasteiger partial charge in [0.25, 0.3) is 0 Å². The van der Waals surface area contributed by atoms with Crippen LogP contribution in [0.1, 0.15) is 37.6 Å². The molecule has 0 spiro atoms. The fourth-order valence-corrected chi connectivity index (χ4v) is 3.17. The van der Waals surface area contributed by atoms with Gasteiger partial charge in [0.05, 0.1) is 12.2 Å². The summed E-state index contributed by atoms with van der Waals surface area (Å²) in [5, 5.41) is 0.660. The normalized spacial score (nSPS) is 13.9. The summed E-state index contributed by atoms with van der Waals surface area (Å²) in [4.78, 5) is 18.4. The van der Waals surface area contributed by atoms with Gasteiger partial charge in [0.15, 0.2) is 0 Å². The number of carbonyl (C=O) groups is 1. The van der Waals surface area contributed by atoms with Crippen molar-refractivity contribution < 1.29 is 18.7 Å². The monoisotopic (exact) mass is 426 g/mol. The molecule has 1 aromatic heterocycles. The lowest BCUT2D eigenvalue weighted by atomic mass is 10.1. The number of rotatable bonds is 3. The number of fused-ring (bicyclic) bond motifs is 1. The van der Waals surface area contributed by atoms with E-state index in [1.807, 2.05) is 20.8 Å². The Bertz CT molecular complexity index is 900. The third kappa shape index (κ3) is 5.06. The number of ether oxygens (including phenoxy) is 2. The Labute approximate surface area is 173 Å². The number of hydrogen-bond acceptors (Lipinski definition) is 4. The van der Waals surface area contributed by atoms with Gasteiger partial charge in [-0.05, 0) is 51.0 Å². The van der Waals surface area contributed by atoms with Gasteiger partial charge in [0.2, 0.25) is 5.88 Å². The Kier molecular flexibility index (Phi) is 6.01. The predicted octanol–water partition coefficient (Wildman–Crippen LogP) is 5.40. The van der Waals surface area contributed by atoms with Gasteiger partial charge in [-0.3, -0.25) is 0 Å². The summed E-state index contributed by atoms with van der Waals surface area (Å²) in [5.41, 5.74) is 1.42. The van der Waals surface area contributed by atoms with Crippen LogP contribution in [-0.2, 0) is 24.3 Å². The van der Waals surface area contributed by atoms with Gasteiger partial charge in [-0.1, -0.05) is 29.3 Å². The summed E-state index contributed by atoms with van der Waals surface area (Å²) in [5.74, 6) is -0.265. The summed E-state index contributed by atoms with van der Waals surface area (Å²) in [6.45, 7) is 6.25. The van der Waals surface area contributed by atoms with E-state index in [1.54, 1.807) is 23.1 Å². The number of halogens is 3. The van der Waals surface area contributed by atoms with Gasteiger partial charge in [-0.25, -0.2) is 14.2 Å². The minimum absolute atomic E-state index is 0.0374. The molecule has 28 heavy (non-hydrogen) atoms. The second-order valence-corrected chi connectivity index (χ2v) is 8.40. The highest BCUT2D eigenvalue weighted by Gasteiger charge is 2.27. The number of carbonyl (C=O) groups excluding carboxylic acids is 1. The van der Waals surface area contributed by atoms with Crippen LogP contribution >= 0.6 is 23.2 Å². The first-order valence-electron chi connectivity index (χ1n) is 8.85. The Morgan fingerprint density at radius 3 is 2.71 bits per heavy atom. The van der Waals surface area contributed by atoms with Crippen LogP contribution in [-0.4, -0.2) is 28.1 Å². The van der Waals surface area contributed by atoms with E-state index in [9.17, 15) is 9.18 Å². The maximum atomic E-state index is 13.9. The zero-order valence-corrected chi connectivity index (χ0v) is 17.4. The van der Waals surface area contributed by atoms with E-state index >= 15 is 0 Å².